The van der Waals surface area contributed by atoms with Gasteiger partial charge in [-0.25, -0.2) is 13.1 Å². The second-order valence-electron chi connectivity index (χ2n) is 8.50. The van der Waals surface area contributed by atoms with Crippen molar-refractivity contribution in [1.29, 1.82) is 0 Å². The summed E-state index contributed by atoms with van der Waals surface area (Å²) in [6.07, 6.45) is -0.560. The van der Waals surface area contributed by atoms with Crippen molar-refractivity contribution in [2.75, 3.05) is 12.8 Å². The predicted molar refractivity (Wildman–Crippen MR) is 135 cm³/mol. The molecular formula is C23H20ClF3N4O4S2. The number of nitrogens with zero attached hydrogens (tertiary/aromatic N) is 3. The van der Waals surface area contributed by atoms with Gasteiger partial charge in [0.15, 0.2) is 0 Å². The first-order chi connectivity index (χ1) is 17.2. The normalized spacial score (nSPS) is 16.8. The quantitative estimate of drug-likeness (QED) is 0.411. The van der Waals surface area contributed by atoms with Gasteiger partial charge < -0.3 is 0 Å². The molecule has 4 rings (SSSR count). The number of imide groups is 1. The van der Waals surface area contributed by atoms with Crippen LogP contribution in [0.25, 0.3) is 17.0 Å². The van der Waals surface area contributed by atoms with E-state index in [1.807, 2.05) is 0 Å². The molecule has 0 radical (unpaired) electrons. The maximum atomic E-state index is 13.5. The third-order valence-electron chi connectivity index (χ3n) is 5.41. The molecule has 1 fully saturated rings. The SMILES string of the molecule is CC(CN1C(=O)SC(=Cc2ccc3c(cnn3Cc3ccc(Cl)cc3C(F)(F)F)c2)C1=O)NS(C)(=O)=O. The third kappa shape index (κ3) is 6.35. The predicted octanol–water partition coefficient (Wildman–Crippen LogP) is 4.73. The zero-order valence-corrected chi connectivity index (χ0v) is 21.8. The molecule has 1 unspecified atom stereocenters. The number of alkyl halides is 3. The molecule has 8 nitrogen and oxygen atoms in total. The van der Waals surface area contributed by atoms with Gasteiger partial charge >= 0.3 is 6.18 Å². The number of carbonyl (C=O) groups is 2. The Labute approximate surface area is 219 Å². The van der Waals surface area contributed by atoms with Crippen LogP contribution >= 0.6 is 23.4 Å². The average Bonchev–Trinajstić information content (AvgIpc) is 3.28. The molecule has 1 N–H and O–H groups in total. The first-order valence-corrected chi connectivity index (χ1v) is 13.8. The Morgan fingerprint density at radius 3 is 2.59 bits per heavy atom. The van der Waals surface area contributed by atoms with E-state index in [2.05, 4.69) is 9.82 Å². The Morgan fingerprint density at radius 1 is 1.19 bits per heavy atom. The number of thioether (sulfide) groups is 1. The molecule has 3 aromatic rings. The van der Waals surface area contributed by atoms with Crippen LogP contribution in [0.15, 0.2) is 47.5 Å². The van der Waals surface area contributed by atoms with Gasteiger partial charge in [-0.05, 0) is 60.2 Å². The number of halogens is 4. The Balaban J connectivity index is 1.55. The summed E-state index contributed by atoms with van der Waals surface area (Å²) >= 11 is 6.50. The highest BCUT2D eigenvalue weighted by Gasteiger charge is 2.36. The van der Waals surface area contributed by atoms with Gasteiger partial charge in [0.2, 0.25) is 10.0 Å². The lowest BCUT2D eigenvalue weighted by Crippen LogP contribution is -2.43. The number of benzene rings is 2. The van der Waals surface area contributed by atoms with Gasteiger partial charge in [0.1, 0.15) is 0 Å². The smallest absolute Gasteiger partial charge is 0.268 e. The van der Waals surface area contributed by atoms with Crippen LogP contribution in [0.2, 0.25) is 5.02 Å². The topological polar surface area (TPSA) is 101 Å². The monoisotopic (exact) mass is 572 g/mol. The van der Waals surface area contributed by atoms with E-state index in [1.54, 1.807) is 25.1 Å². The summed E-state index contributed by atoms with van der Waals surface area (Å²) in [6, 6.07) is 7.95. The molecule has 1 aromatic heterocycles. The summed E-state index contributed by atoms with van der Waals surface area (Å²) in [6.45, 7) is 1.29. The van der Waals surface area contributed by atoms with Gasteiger partial charge in [-0.2, -0.15) is 18.3 Å². The lowest BCUT2D eigenvalue weighted by atomic mass is 10.1. The van der Waals surface area contributed by atoms with Crippen LogP contribution in [-0.2, 0) is 27.5 Å². The minimum absolute atomic E-state index is 0.0132. The molecule has 0 bridgehead atoms. The number of aromatic nitrogens is 2. The number of rotatable bonds is 7. The average molecular weight is 573 g/mol. The van der Waals surface area contributed by atoms with Crippen molar-refractivity contribution in [2.24, 2.45) is 0 Å². The minimum atomic E-state index is -4.57. The molecule has 1 aliphatic rings. The fourth-order valence-corrected chi connectivity index (χ4v) is 5.74. The molecule has 14 heteroatoms. The van der Waals surface area contributed by atoms with Crippen LogP contribution < -0.4 is 4.72 Å². The van der Waals surface area contributed by atoms with Crippen molar-refractivity contribution in [3.63, 3.8) is 0 Å². The van der Waals surface area contributed by atoms with Crippen LogP contribution in [0, 0.1) is 0 Å². The molecule has 2 aromatic carbocycles. The zero-order chi connectivity index (χ0) is 27.1. The maximum absolute atomic E-state index is 13.5. The maximum Gasteiger partial charge on any atom is 0.416 e. The number of nitrogens with one attached hydrogen (secondary N) is 1. The Morgan fingerprint density at radius 2 is 1.92 bits per heavy atom. The van der Waals surface area contributed by atoms with Crippen LogP contribution in [0.3, 0.4) is 0 Å². The van der Waals surface area contributed by atoms with E-state index in [1.165, 1.54) is 29.1 Å². The highest BCUT2D eigenvalue weighted by molar-refractivity contribution is 8.18. The lowest BCUT2D eigenvalue weighted by molar-refractivity contribution is -0.138. The molecule has 1 saturated heterocycles. The summed E-state index contributed by atoms with van der Waals surface area (Å²) in [5.41, 5.74) is 0.340. The fraction of sp³-hybridized carbons (Fsp3) is 0.261. The Bertz CT molecular complexity index is 1540. The standard InChI is InChI=1S/C23H20ClF3N4O4S2/c1-13(29-37(2,34)35)11-30-21(32)20(36-22(30)33)8-14-3-6-19-16(7-14)10-28-31(19)12-15-4-5-17(24)9-18(15)23(25,26)27/h3-10,13,29H,11-12H2,1-2H3. The summed E-state index contributed by atoms with van der Waals surface area (Å²) < 4.78 is 66.9. The molecule has 0 aliphatic carbocycles. The lowest BCUT2D eigenvalue weighted by Gasteiger charge is -2.18. The van der Waals surface area contributed by atoms with Gasteiger partial charge in [-0.15, -0.1) is 0 Å². The van der Waals surface area contributed by atoms with Gasteiger partial charge in [0.25, 0.3) is 11.1 Å². The van der Waals surface area contributed by atoms with Gasteiger partial charge in [0.05, 0.1) is 35.0 Å². The molecule has 0 saturated carbocycles. The van der Waals surface area contributed by atoms with E-state index in [0.29, 0.717) is 16.5 Å². The summed E-state index contributed by atoms with van der Waals surface area (Å²) in [7, 11) is -3.50. The van der Waals surface area contributed by atoms with Crippen molar-refractivity contribution < 1.29 is 31.2 Å². The van der Waals surface area contributed by atoms with Crippen molar-refractivity contribution in [1.82, 2.24) is 19.4 Å². The van der Waals surface area contributed by atoms with E-state index in [0.717, 1.165) is 29.0 Å². The van der Waals surface area contributed by atoms with E-state index in [4.69, 9.17) is 11.6 Å². The van der Waals surface area contributed by atoms with Gasteiger partial charge in [-0.1, -0.05) is 23.7 Å². The molecule has 0 spiro atoms. The van der Waals surface area contributed by atoms with Crippen LogP contribution in [0.4, 0.5) is 18.0 Å². The fourth-order valence-electron chi connectivity index (χ4n) is 3.92. The van der Waals surface area contributed by atoms with Crippen molar-refractivity contribution in [3.8, 4) is 0 Å². The molecule has 2 heterocycles. The number of hydrogen-bond acceptors (Lipinski definition) is 6. The van der Waals surface area contributed by atoms with Crippen molar-refractivity contribution >= 4 is 61.5 Å². The summed E-state index contributed by atoms with van der Waals surface area (Å²) in [5.74, 6) is -0.546. The number of hydrogen-bond donors (Lipinski definition) is 1. The highest BCUT2D eigenvalue weighted by atomic mass is 35.5. The van der Waals surface area contributed by atoms with Crippen molar-refractivity contribution in [3.05, 3.63) is 69.2 Å². The second kappa shape index (κ2) is 10.1. The third-order valence-corrected chi connectivity index (χ3v) is 7.38. The first-order valence-electron chi connectivity index (χ1n) is 10.7. The second-order valence-corrected chi connectivity index (χ2v) is 11.7. The van der Waals surface area contributed by atoms with E-state index in [-0.39, 0.29) is 28.6 Å². The molecule has 2 amide bonds. The molecule has 1 aliphatic heterocycles. The summed E-state index contributed by atoms with van der Waals surface area (Å²) in [5, 5.41) is 4.31. The zero-order valence-electron chi connectivity index (χ0n) is 19.4. The van der Waals surface area contributed by atoms with E-state index >= 15 is 0 Å². The largest absolute Gasteiger partial charge is 0.416 e. The Hall–Kier alpha value is -2.87. The van der Waals surface area contributed by atoms with Crippen LogP contribution in [0.1, 0.15) is 23.6 Å². The summed E-state index contributed by atoms with van der Waals surface area (Å²) in [4.78, 5) is 26.2. The molecule has 1 atom stereocenters. The highest BCUT2D eigenvalue weighted by Crippen LogP contribution is 2.35. The van der Waals surface area contributed by atoms with Crippen LogP contribution in [0.5, 0.6) is 0 Å². The number of fused-ring (bicyclic) bond motifs is 1. The van der Waals surface area contributed by atoms with Crippen LogP contribution in [-0.4, -0.2) is 53.1 Å². The van der Waals surface area contributed by atoms with E-state index < -0.39 is 39.0 Å². The van der Waals surface area contributed by atoms with Crippen molar-refractivity contribution in [2.45, 2.75) is 25.7 Å². The van der Waals surface area contributed by atoms with Gasteiger partial charge in [0, 0.05) is 23.0 Å². The number of amides is 2. The number of sulfonamides is 1. The van der Waals surface area contributed by atoms with E-state index in [9.17, 15) is 31.2 Å². The Kier molecular flexibility index (Phi) is 7.43. The molecular weight excluding hydrogens is 553 g/mol. The van der Waals surface area contributed by atoms with Gasteiger partial charge in [-0.3, -0.25) is 19.2 Å². The molecule has 196 valence electrons. The molecule has 37 heavy (non-hydrogen) atoms. The number of carbonyl (C=O) groups excluding carboxylic acids is 2. The first kappa shape index (κ1) is 27.2. The minimum Gasteiger partial charge on any atom is -0.268 e.